The molecule has 1 fully saturated rings. The topological polar surface area (TPSA) is 152 Å². The maximum absolute atomic E-state index is 11.3. The molecule has 5 N–H and O–H groups in total. The molecule has 1 aliphatic rings. The van der Waals surface area contributed by atoms with Crippen LogP contribution in [0.25, 0.3) is 0 Å². The average molecular weight is 265 g/mol. The van der Waals surface area contributed by atoms with Crippen LogP contribution in [-0.4, -0.2) is 75.8 Å². The number of hydrogen-bond acceptors (Lipinski definition) is 8. The van der Waals surface area contributed by atoms with E-state index in [0.29, 0.717) is 5.01 Å². The Morgan fingerprint density at radius 2 is 2.00 bits per heavy atom. The van der Waals surface area contributed by atoms with Crippen LogP contribution < -0.4 is 5.32 Å². The van der Waals surface area contributed by atoms with Gasteiger partial charge in [0, 0.05) is 7.05 Å². The third kappa shape index (κ3) is 2.91. The Hall–Kier alpha value is -1.33. The van der Waals surface area contributed by atoms with Gasteiger partial charge in [-0.3, -0.25) is 0 Å². The summed E-state index contributed by atoms with van der Waals surface area (Å²) in [6, 6.07) is -2.33. The van der Waals surface area contributed by atoms with E-state index >= 15 is 0 Å². The molecule has 1 aliphatic heterocycles. The molecule has 2 amide bonds. The highest BCUT2D eigenvalue weighted by Gasteiger charge is 2.44. The standard InChI is InChI=1S/C8H15N3O7/c1-11(10-17)8(16)9-4-6(14)5(13)3(2-12)18-7(4)15/h3-7,12-15H,2H2,1H3,(H,9,16)/t3-,4+,5-,6+,7-/m1/s1. The minimum absolute atomic E-state index is 0.407. The summed E-state index contributed by atoms with van der Waals surface area (Å²) in [5.41, 5.74) is 0. The Balaban J connectivity index is 2.71. The largest absolute Gasteiger partial charge is 0.394 e. The molecule has 0 aromatic carbocycles. The highest BCUT2D eigenvalue weighted by atomic mass is 16.6. The van der Waals surface area contributed by atoms with E-state index in [1.165, 1.54) is 0 Å². The zero-order chi connectivity index (χ0) is 13.9. The summed E-state index contributed by atoms with van der Waals surface area (Å²) in [6.45, 7) is -0.605. The van der Waals surface area contributed by atoms with Gasteiger partial charge in [0.2, 0.25) is 0 Å². The van der Waals surface area contributed by atoms with E-state index in [1.54, 1.807) is 0 Å². The highest BCUT2D eigenvalue weighted by molar-refractivity contribution is 5.73. The lowest BCUT2D eigenvalue weighted by Crippen LogP contribution is -2.64. The molecule has 0 unspecified atom stereocenters. The normalized spacial score (nSPS) is 35.9. The Kier molecular flexibility index (Phi) is 4.93. The van der Waals surface area contributed by atoms with Gasteiger partial charge in [0.15, 0.2) is 6.29 Å². The van der Waals surface area contributed by atoms with E-state index in [9.17, 15) is 25.0 Å². The number of aliphatic hydroxyl groups excluding tert-OH is 4. The molecule has 10 nitrogen and oxygen atoms in total. The van der Waals surface area contributed by atoms with Crippen molar-refractivity contribution in [2.75, 3.05) is 13.7 Å². The molecular weight excluding hydrogens is 250 g/mol. The molecule has 1 rings (SSSR count). The summed E-state index contributed by atoms with van der Waals surface area (Å²) in [4.78, 5) is 21.4. The SMILES string of the molecule is CN(N=O)C(=O)N[C@H]1[C@H](O)[C@H](O)[C@@H](CO)O[C@H]1O. The molecule has 0 bridgehead atoms. The predicted molar refractivity (Wildman–Crippen MR) is 55.9 cm³/mol. The van der Waals surface area contributed by atoms with Crippen LogP contribution in [0.4, 0.5) is 4.79 Å². The van der Waals surface area contributed by atoms with Crippen molar-refractivity contribution in [1.29, 1.82) is 0 Å². The van der Waals surface area contributed by atoms with E-state index in [4.69, 9.17) is 9.84 Å². The van der Waals surface area contributed by atoms with Crippen molar-refractivity contribution >= 4 is 6.03 Å². The Bertz CT molecular complexity index is 315. The van der Waals surface area contributed by atoms with Crippen LogP contribution in [0.1, 0.15) is 0 Å². The molecule has 5 atom stereocenters. The lowest BCUT2D eigenvalue weighted by atomic mass is 9.97. The number of aliphatic hydroxyl groups is 4. The van der Waals surface area contributed by atoms with Crippen LogP contribution in [0.2, 0.25) is 0 Å². The molecule has 10 heteroatoms. The van der Waals surface area contributed by atoms with Crippen LogP contribution >= 0.6 is 0 Å². The maximum Gasteiger partial charge on any atom is 0.340 e. The summed E-state index contributed by atoms with van der Waals surface area (Å²) in [5, 5.41) is 42.4. The van der Waals surface area contributed by atoms with Crippen LogP contribution in [-0.2, 0) is 4.74 Å². The second-order valence-electron chi connectivity index (χ2n) is 3.81. The number of urea groups is 1. The first-order valence-electron chi connectivity index (χ1n) is 5.10. The quantitative estimate of drug-likeness (QED) is 0.271. The van der Waals surface area contributed by atoms with Gasteiger partial charge in [-0.15, -0.1) is 4.91 Å². The number of ether oxygens (including phenoxy) is 1. The Morgan fingerprint density at radius 3 is 2.50 bits per heavy atom. The number of nitrogens with zero attached hydrogens (tertiary/aromatic N) is 2. The first-order valence-corrected chi connectivity index (χ1v) is 5.10. The first kappa shape index (κ1) is 14.7. The van der Waals surface area contributed by atoms with Gasteiger partial charge < -0.3 is 30.5 Å². The van der Waals surface area contributed by atoms with Crippen molar-refractivity contribution in [2.24, 2.45) is 5.29 Å². The molecule has 1 heterocycles. The Morgan fingerprint density at radius 1 is 1.39 bits per heavy atom. The zero-order valence-electron chi connectivity index (χ0n) is 9.50. The molecule has 0 radical (unpaired) electrons. The summed E-state index contributed by atoms with van der Waals surface area (Å²) in [7, 11) is 1.07. The summed E-state index contributed by atoms with van der Waals surface area (Å²) < 4.78 is 4.80. The summed E-state index contributed by atoms with van der Waals surface area (Å²) in [5.74, 6) is 0. The Labute approximate surface area is 102 Å². The van der Waals surface area contributed by atoms with Gasteiger partial charge >= 0.3 is 6.03 Å². The van der Waals surface area contributed by atoms with Crippen molar-refractivity contribution in [3.63, 3.8) is 0 Å². The summed E-state index contributed by atoms with van der Waals surface area (Å²) >= 11 is 0. The molecule has 18 heavy (non-hydrogen) atoms. The second-order valence-corrected chi connectivity index (χ2v) is 3.81. The fourth-order valence-electron chi connectivity index (χ4n) is 1.53. The maximum atomic E-state index is 11.3. The average Bonchev–Trinajstić information content (AvgIpc) is 2.37. The minimum atomic E-state index is -1.63. The smallest absolute Gasteiger partial charge is 0.340 e. The van der Waals surface area contributed by atoms with E-state index in [0.717, 1.165) is 7.05 Å². The number of amides is 2. The lowest BCUT2D eigenvalue weighted by molar-refractivity contribution is -0.252. The number of carbonyl (C=O) groups is 1. The number of rotatable bonds is 3. The van der Waals surface area contributed by atoms with E-state index in [1.807, 2.05) is 0 Å². The zero-order valence-corrected chi connectivity index (χ0v) is 9.50. The lowest BCUT2D eigenvalue weighted by Gasteiger charge is -2.40. The van der Waals surface area contributed by atoms with Crippen molar-refractivity contribution in [2.45, 2.75) is 30.6 Å². The fourth-order valence-corrected chi connectivity index (χ4v) is 1.53. The fraction of sp³-hybridized carbons (Fsp3) is 0.875. The minimum Gasteiger partial charge on any atom is -0.394 e. The van der Waals surface area contributed by atoms with Gasteiger partial charge in [0.25, 0.3) is 0 Å². The highest BCUT2D eigenvalue weighted by Crippen LogP contribution is 2.19. The van der Waals surface area contributed by atoms with E-state index < -0.39 is 43.3 Å². The van der Waals surface area contributed by atoms with Crippen molar-refractivity contribution in [3.05, 3.63) is 4.91 Å². The summed E-state index contributed by atoms with van der Waals surface area (Å²) in [6.07, 6.45) is -5.84. The van der Waals surface area contributed by atoms with Gasteiger partial charge in [-0.1, -0.05) is 0 Å². The molecule has 0 aromatic rings. The van der Waals surface area contributed by atoms with Crippen molar-refractivity contribution < 1.29 is 30.0 Å². The third-order valence-corrected chi connectivity index (χ3v) is 2.61. The molecule has 0 aromatic heterocycles. The van der Waals surface area contributed by atoms with Gasteiger partial charge in [-0.25, -0.2) is 4.79 Å². The van der Waals surface area contributed by atoms with E-state index in [2.05, 4.69) is 10.6 Å². The predicted octanol–water partition coefficient (Wildman–Crippen LogP) is -2.89. The number of nitroso groups, excluding NO2 is 1. The molecule has 0 saturated carbocycles. The van der Waals surface area contributed by atoms with E-state index in [-0.39, 0.29) is 0 Å². The number of carbonyl (C=O) groups excluding carboxylic acids is 1. The monoisotopic (exact) mass is 265 g/mol. The number of hydrogen-bond donors (Lipinski definition) is 5. The van der Waals surface area contributed by atoms with Crippen molar-refractivity contribution in [3.8, 4) is 0 Å². The molecular formula is C8H15N3O7. The number of nitrogens with one attached hydrogen (secondary N) is 1. The van der Waals surface area contributed by atoms with Crippen LogP contribution in [0, 0.1) is 4.91 Å². The molecule has 0 spiro atoms. The van der Waals surface area contributed by atoms with Crippen molar-refractivity contribution in [1.82, 2.24) is 10.3 Å². The van der Waals surface area contributed by atoms with Gasteiger partial charge in [0.1, 0.15) is 24.4 Å². The van der Waals surface area contributed by atoms with Gasteiger partial charge in [0.05, 0.1) is 11.9 Å². The second kappa shape index (κ2) is 6.02. The third-order valence-electron chi connectivity index (χ3n) is 2.61. The van der Waals surface area contributed by atoms with Crippen LogP contribution in [0.15, 0.2) is 5.29 Å². The van der Waals surface area contributed by atoms with Gasteiger partial charge in [-0.2, -0.15) is 5.01 Å². The molecule has 0 aliphatic carbocycles. The van der Waals surface area contributed by atoms with Gasteiger partial charge in [-0.05, 0) is 0 Å². The van der Waals surface area contributed by atoms with Crippen LogP contribution in [0.3, 0.4) is 0 Å². The first-order chi connectivity index (χ1) is 8.42. The van der Waals surface area contributed by atoms with Crippen LogP contribution in [0.5, 0.6) is 0 Å². The molecule has 1 saturated heterocycles. The molecule has 104 valence electrons.